The fourth-order valence-corrected chi connectivity index (χ4v) is 2.02. The second-order valence-electron chi connectivity index (χ2n) is 4.44. The summed E-state index contributed by atoms with van der Waals surface area (Å²) in [6.07, 6.45) is 2.02. The normalized spacial score (nSPS) is 16.1. The third kappa shape index (κ3) is 3.54. The van der Waals surface area contributed by atoms with E-state index in [-0.39, 0.29) is 11.6 Å². The van der Waals surface area contributed by atoms with E-state index >= 15 is 0 Å². The quantitative estimate of drug-likeness (QED) is 0.640. The molecule has 7 nitrogen and oxygen atoms in total. The molecule has 1 aromatic heterocycles. The van der Waals surface area contributed by atoms with Gasteiger partial charge >= 0.3 is 5.69 Å². The Bertz CT molecular complexity index is 447. The summed E-state index contributed by atoms with van der Waals surface area (Å²) in [6.45, 7) is 2.37. The van der Waals surface area contributed by atoms with Crippen molar-refractivity contribution in [2.75, 3.05) is 26.8 Å². The molecule has 1 fully saturated rings. The van der Waals surface area contributed by atoms with Gasteiger partial charge in [-0.15, -0.1) is 0 Å². The average molecular weight is 267 g/mol. The molecule has 1 aliphatic rings. The van der Waals surface area contributed by atoms with Gasteiger partial charge in [0.2, 0.25) is 5.88 Å². The molecule has 1 aromatic rings. The minimum atomic E-state index is -0.496. The number of aromatic nitrogens is 1. The Morgan fingerprint density at radius 2 is 2.21 bits per heavy atom. The van der Waals surface area contributed by atoms with E-state index < -0.39 is 4.92 Å². The lowest BCUT2D eigenvalue weighted by Crippen LogP contribution is -2.30. The lowest BCUT2D eigenvalue weighted by molar-refractivity contribution is -0.386. The van der Waals surface area contributed by atoms with Gasteiger partial charge in [-0.05, 0) is 31.8 Å². The van der Waals surface area contributed by atoms with Crippen LogP contribution in [0.15, 0.2) is 12.1 Å². The third-order valence-electron chi connectivity index (χ3n) is 3.13. The second-order valence-corrected chi connectivity index (χ2v) is 4.44. The Labute approximate surface area is 111 Å². The zero-order valence-corrected chi connectivity index (χ0v) is 10.8. The molecule has 19 heavy (non-hydrogen) atoms. The predicted molar refractivity (Wildman–Crippen MR) is 68.5 cm³/mol. The maximum Gasteiger partial charge on any atom is 0.331 e. The van der Waals surface area contributed by atoms with E-state index in [1.54, 1.807) is 0 Å². The standard InChI is InChI=1S/C12H17N3O4/c1-18-11-3-2-10(15(16)17)12(14-11)19-8-9-4-6-13-7-5-9/h2-3,9,13H,4-8H2,1H3. The maximum atomic E-state index is 10.9. The van der Waals surface area contributed by atoms with Gasteiger partial charge in [-0.2, -0.15) is 4.98 Å². The molecule has 2 rings (SSSR count). The van der Waals surface area contributed by atoms with Crippen LogP contribution in [0.25, 0.3) is 0 Å². The van der Waals surface area contributed by atoms with E-state index in [0.29, 0.717) is 18.4 Å². The van der Waals surface area contributed by atoms with Crippen LogP contribution in [0.2, 0.25) is 0 Å². The highest BCUT2D eigenvalue weighted by molar-refractivity contribution is 5.42. The molecular weight excluding hydrogens is 250 g/mol. The summed E-state index contributed by atoms with van der Waals surface area (Å²) in [6, 6.07) is 2.80. The van der Waals surface area contributed by atoms with Crippen molar-refractivity contribution in [1.82, 2.24) is 10.3 Å². The molecule has 0 aliphatic carbocycles. The summed E-state index contributed by atoms with van der Waals surface area (Å²) in [4.78, 5) is 14.4. The first kappa shape index (κ1) is 13.5. The molecule has 2 heterocycles. The number of nitrogens with one attached hydrogen (secondary N) is 1. The highest BCUT2D eigenvalue weighted by Gasteiger charge is 2.20. The number of nitrogens with zero attached hydrogens (tertiary/aromatic N) is 2. The van der Waals surface area contributed by atoms with E-state index in [1.807, 2.05) is 0 Å². The molecule has 0 saturated carbocycles. The van der Waals surface area contributed by atoms with Gasteiger partial charge in [-0.1, -0.05) is 0 Å². The van der Waals surface area contributed by atoms with E-state index in [0.717, 1.165) is 25.9 Å². The van der Waals surface area contributed by atoms with Crippen LogP contribution in [-0.4, -0.2) is 36.7 Å². The lowest BCUT2D eigenvalue weighted by atomic mass is 9.99. The maximum absolute atomic E-state index is 10.9. The number of rotatable bonds is 5. The van der Waals surface area contributed by atoms with Crippen molar-refractivity contribution in [1.29, 1.82) is 0 Å². The minimum absolute atomic E-state index is 0.0304. The Kier molecular flexibility index (Phi) is 4.51. The van der Waals surface area contributed by atoms with Crippen LogP contribution in [-0.2, 0) is 0 Å². The number of hydrogen-bond acceptors (Lipinski definition) is 6. The lowest BCUT2D eigenvalue weighted by Gasteiger charge is -2.22. The number of piperidine rings is 1. The smallest absolute Gasteiger partial charge is 0.331 e. The van der Waals surface area contributed by atoms with Gasteiger partial charge in [0.25, 0.3) is 5.88 Å². The molecule has 0 amide bonds. The van der Waals surface area contributed by atoms with Crippen LogP contribution in [0.1, 0.15) is 12.8 Å². The number of hydrogen-bond donors (Lipinski definition) is 1. The highest BCUT2D eigenvalue weighted by atomic mass is 16.6. The molecule has 0 bridgehead atoms. The van der Waals surface area contributed by atoms with Gasteiger partial charge in [0.05, 0.1) is 18.6 Å². The fourth-order valence-electron chi connectivity index (χ4n) is 2.02. The molecule has 7 heteroatoms. The molecule has 1 saturated heterocycles. The monoisotopic (exact) mass is 267 g/mol. The van der Waals surface area contributed by atoms with E-state index in [1.165, 1.54) is 19.2 Å². The molecule has 0 aromatic carbocycles. The third-order valence-corrected chi connectivity index (χ3v) is 3.13. The Morgan fingerprint density at radius 3 is 2.84 bits per heavy atom. The molecule has 0 spiro atoms. The fraction of sp³-hybridized carbons (Fsp3) is 0.583. The van der Waals surface area contributed by atoms with Gasteiger partial charge in [-0.3, -0.25) is 10.1 Å². The van der Waals surface area contributed by atoms with Crippen molar-refractivity contribution in [3.63, 3.8) is 0 Å². The number of nitro groups is 1. The van der Waals surface area contributed by atoms with Crippen molar-refractivity contribution in [3.05, 3.63) is 22.2 Å². The first-order chi connectivity index (χ1) is 9.20. The first-order valence-electron chi connectivity index (χ1n) is 6.23. The van der Waals surface area contributed by atoms with Gasteiger partial charge in [0.1, 0.15) is 0 Å². The SMILES string of the molecule is COc1ccc([N+](=O)[O-])c(OCC2CCNCC2)n1. The molecule has 1 N–H and O–H groups in total. The molecule has 1 aliphatic heterocycles. The van der Waals surface area contributed by atoms with Crippen LogP contribution >= 0.6 is 0 Å². The van der Waals surface area contributed by atoms with Crippen molar-refractivity contribution in [2.45, 2.75) is 12.8 Å². The van der Waals surface area contributed by atoms with Gasteiger partial charge < -0.3 is 14.8 Å². The minimum Gasteiger partial charge on any atom is -0.481 e. The van der Waals surface area contributed by atoms with E-state index in [9.17, 15) is 10.1 Å². The van der Waals surface area contributed by atoms with Crippen molar-refractivity contribution in [3.8, 4) is 11.8 Å². The number of ether oxygens (including phenoxy) is 2. The van der Waals surface area contributed by atoms with Crippen LogP contribution in [0.4, 0.5) is 5.69 Å². The predicted octanol–water partition coefficient (Wildman–Crippen LogP) is 1.38. The Balaban J connectivity index is 2.06. The highest BCUT2D eigenvalue weighted by Crippen LogP contribution is 2.28. The van der Waals surface area contributed by atoms with E-state index in [2.05, 4.69) is 10.3 Å². The topological polar surface area (TPSA) is 86.5 Å². The van der Waals surface area contributed by atoms with Crippen molar-refractivity contribution in [2.24, 2.45) is 5.92 Å². The first-order valence-corrected chi connectivity index (χ1v) is 6.23. The molecular formula is C12H17N3O4. The van der Waals surface area contributed by atoms with Crippen molar-refractivity contribution >= 4 is 5.69 Å². The summed E-state index contributed by atoms with van der Waals surface area (Å²) < 4.78 is 10.5. The van der Waals surface area contributed by atoms with Gasteiger partial charge in [0, 0.05) is 12.1 Å². The summed E-state index contributed by atoms with van der Waals surface area (Å²) in [5.74, 6) is 0.752. The van der Waals surface area contributed by atoms with Crippen LogP contribution in [0.3, 0.4) is 0 Å². The number of pyridine rings is 1. The Morgan fingerprint density at radius 1 is 1.47 bits per heavy atom. The average Bonchev–Trinajstić information content (AvgIpc) is 2.45. The summed E-state index contributed by atoms with van der Waals surface area (Å²) in [5.41, 5.74) is -0.130. The summed E-state index contributed by atoms with van der Waals surface area (Å²) in [5, 5.41) is 14.2. The molecule has 0 atom stereocenters. The van der Waals surface area contributed by atoms with Crippen LogP contribution < -0.4 is 14.8 Å². The zero-order valence-electron chi connectivity index (χ0n) is 10.8. The second kappa shape index (κ2) is 6.33. The van der Waals surface area contributed by atoms with Crippen molar-refractivity contribution < 1.29 is 14.4 Å². The van der Waals surface area contributed by atoms with Crippen LogP contribution in [0.5, 0.6) is 11.8 Å². The van der Waals surface area contributed by atoms with Crippen LogP contribution in [0, 0.1) is 16.0 Å². The largest absolute Gasteiger partial charge is 0.481 e. The van der Waals surface area contributed by atoms with E-state index in [4.69, 9.17) is 9.47 Å². The zero-order chi connectivity index (χ0) is 13.7. The molecule has 0 radical (unpaired) electrons. The van der Waals surface area contributed by atoms with Gasteiger partial charge in [-0.25, -0.2) is 0 Å². The van der Waals surface area contributed by atoms with Gasteiger partial charge in [0.15, 0.2) is 0 Å². The summed E-state index contributed by atoms with van der Waals surface area (Å²) >= 11 is 0. The molecule has 104 valence electrons. The molecule has 0 unspecified atom stereocenters. The Hall–Kier alpha value is -1.89. The number of methoxy groups -OCH3 is 1. The summed E-state index contributed by atoms with van der Waals surface area (Å²) in [7, 11) is 1.46.